The smallest absolute Gasteiger partial charge is 0.431 e. The van der Waals surface area contributed by atoms with E-state index in [0.29, 0.717) is 10.8 Å². The SMILES string of the molecule is COc1cccc([C@]2(O)CC(C(F)(F)F)=NN2C(=O)c2ccccc2)c1. The van der Waals surface area contributed by atoms with Gasteiger partial charge in [-0.25, -0.2) is 0 Å². The number of alkyl halides is 3. The molecule has 1 heterocycles. The molecular formula is C18H15F3N2O3. The van der Waals surface area contributed by atoms with Crippen LogP contribution in [0.15, 0.2) is 59.7 Å². The second-order valence-corrected chi connectivity index (χ2v) is 5.75. The molecule has 1 atom stereocenters. The summed E-state index contributed by atoms with van der Waals surface area (Å²) in [6.45, 7) is 0. The summed E-state index contributed by atoms with van der Waals surface area (Å²) in [5, 5.41) is 14.9. The third-order valence-electron chi connectivity index (χ3n) is 4.06. The Bertz CT molecular complexity index is 852. The van der Waals surface area contributed by atoms with E-state index in [1.54, 1.807) is 24.3 Å². The molecule has 1 amide bonds. The van der Waals surface area contributed by atoms with Crippen molar-refractivity contribution in [3.8, 4) is 5.75 Å². The van der Waals surface area contributed by atoms with Crippen LogP contribution in [0.1, 0.15) is 22.3 Å². The topological polar surface area (TPSA) is 62.1 Å². The number of hydrogen-bond acceptors (Lipinski definition) is 4. The quantitative estimate of drug-likeness (QED) is 0.909. The molecule has 0 aromatic heterocycles. The summed E-state index contributed by atoms with van der Waals surface area (Å²) in [6.07, 6.45) is -5.64. The Morgan fingerprint density at radius 1 is 1.19 bits per heavy atom. The molecule has 26 heavy (non-hydrogen) atoms. The van der Waals surface area contributed by atoms with Gasteiger partial charge in [0.1, 0.15) is 11.5 Å². The fourth-order valence-corrected chi connectivity index (χ4v) is 2.72. The Morgan fingerprint density at radius 2 is 1.88 bits per heavy atom. The lowest BCUT2D eigenvalue weighted by atomic mass is 9.96. The van der Waals surface area contributed by atoms with Gasteiger partial charge in [-0.1, -0.05) is 30.3 Å². The predicted molar refractivity (Wildman–Crippen MR) is 87.6 cm³/mol. The largest absolute Gasteiger partial charge is 0.497 e. The fraction of sp³-hybridized carbons (Fsp3) is 0.222. The van der Waals surface area contributed by atoms with Crippen LogP contribution in [0.2, 0.25) is 0 Å². The molecule has 0 unspecified atom stereocenters. The zero-order valence-corrected chi connectivity index (χ0v) is 13.7. The summed E-state index contributed by atoms with van der Waals surface area (Å²) < 4.78 is 44.7. The third kappa shape index (κ3) is 3.15. The van der Waals surface area contributed by atoms with Gasteiger partial charge in [-0.3, -0.25) is 4.79 Å². The molecule has 2 aromatic carbocycles. The Balaban J connectivity index is 2.09. The molecule has 0 spiro atoms. The number of hydrazone groups is 1. The number of carbonyl (C=O) groups is 1. The Kier molecular flexibility index (Phi) is 4.45. The van der Waals surface area contributed by atoms with Gasteiger partial charge in [-0.05, 0) is 24.3 Å². The highest BCUT2D eigenvalue weighted by Crippen LogP contribution is 2.41. The monoisotopic (exact) mass is 364 g/mol. The van der Waals surface area contributed by atoms with Crippen molar-refractivity contribution in [2.45, 2.75) is 18.3 Å². The summed E-state index contributed by atoms with van der Waals surface area (Å²) in [7, 11) is 1.39. The molecule has 0 aliphatic carbocycles. The molecule has 1 N–H and O–H groups in total. The van der Waals surface area contributed by atoms with Crippen molar-refractivity contribution in [3.05, 3.63) is 65.7 Å². The minimum absolute atomic E-state index is 0.0733. The van der Waals surface area contributed by atoms with E-state index < -0.39 is 29.9 Å². The van der Waals surface area contributed by atoms with Crippen molar-refractivity contribution in [1.29, 1.82) is 0 Å². The lowest BCUT2D eigenvalue weighted by molar-refractivity contribution is -0.0816. The zero-order chi connectivity index (χ0) is 18.9. The first-order valence-corrected chi connectivity index (χ1v) is 7.67. The summed E-state index contributed by atoms with van der Waals surface area (Å²) >= 11 is 0. The number of ether oxygens (including phenoxy) is 1. The summed E-state index contributed by atoms with van der Waals surface area (Å²) in [4.78, 5) is 12.7. The van der Waals surface area contributed by atoms with Gasteiger partial charge in [0.2, 0.25) is 0 Å². The number of benzene rings is 2. The molecule has 1 aliphatic heterocycles. The first kappa shape index (κ1) is 17.9. The molecular weight excluding hydrogens is 349 g/mol. The van der Waals surface area contributed by atoms with Crippen molar-refractivity contribution in [1.82, 2.24) is 5.01 Å². The van der Waals surface area contributed by atoms with E-state index in [4.69, 9.17) is 4.74 Å². The highest BCUT2D eigenvalue weighted by Gasteiger charge is 2.53. The van der Waals surface area contributed by atoms with E-state index in [1.807, 2.05) is 0 Å². The van der Waals surface area contributed by atoms with Crippen LogP contribution in [-0.2, 0) is 5.72 Å². The molecule has 2 aromatic rings. The van der Waals surface area contributed by atoms with Gasteiger partial charge in [0, 0.05) is 11.1 Å². The fourth-order valence-electron chi connectivity index (χ4n) is 2.72. The van der Waals surface area contributed by atoms with Crippen LogP contribution >= 0.6 is 0 Å². The maximum atomic E-state index is 13.2. The Morgan fingerprint density at radius 3 is 2.50 bits per heavy atom. The van der Waals surface area contributed by atoms with E-state index in [1.165, 1.54) is 37.4 Å². The predicted octanol–water partition coefficient (Wildman–Crippen LogP) is 3.30. The summed E-state index contributed by atoms with van der Waals surface area (Å²) in [5.41, 5.74) is -3.32. The summed E-state index contributed by atoms with van der Waals surface area (Å²) in [5.74, 6) is -0.501. The van der Waals surface area contributed by atoms with E-state index >= 15 is 0 Å². The minimum atomic E-state index is -4.77. The van der Waals surface area contributed by atoms with Gasteiger partial charge in [-0.15, -0.1) is 0 Å². The van der Waals surface area contributed by atoms with Crippen LogP contribution in [0.3, 0.4) is 0 Å². The van der Waals surface area contributed by atoms with Crippen molar-refractivity contribution in [3.63, 3.8) is 0 Å². The minimum Gasteiger partial charge on any atom is -0.497 e. The first-order valence-electron chi connectivity index (χ1n) is 7.67. The van der Waals surface area contributed by atoms with Crippen LogP contribution in [0.4, 0.5) is 13.2 Å². The van der Waals surface area contributed by atoms with E-state index in [2.05, 4.69) is 5.10 Å². The molecule has 8 heteroatoms. The average molecular weight is 364 g/mol. The number of halogens is 3. The number of methoxy groups -OCH3 is 1. The van der Waals surface area contributed by atoms with Crippen LogP contribution in [0.5, 0.6) is 5.75 Å². The Labute approximate surface area is 147 Å². The van der Waals surface area contributed by atoms with E-state index in [-0.39, 0.29) is 11.1 Å². The number of nitrogens with zero attached hydrogens (tertiary/aromatic N) is 2. The van der Waals surface area contributed by atoms with Gasteiger partial charge in [0.25, 0.3) is 5.91 Å². The maximum Gasteiger partial charge on any atom is 0.431 e. The molecule has 1 aliphatic rings. The summed E-state index contributed by atoms with van der Waals surface area (Å²) in [6, 6.07) is 13.6. The second-order valence-electron chi connectivity index (χ2n) is 5.75. The third-order valence-corrected chi connectivity index (χ3v) is 4.06. The molecule has 0 saturated heterocycles. The molecule has 136 valence electrons. The second kappa shape index (κ2) is 6.45. The van der Waals surface area contributed by atoms with Gasteiger partial charge in [0.05, 0.1) is 13.5 Å². The number of hydrogen-bond donors (Lipinski definition) is 1. The van der Waals surface area contributed by atoms with Gasteiger partial charge in [-0.2, -0.15) is 23.3 Å². The van der Waals surface area contributed by atoms with Crippen LogP contribution in [-0.4, -0.2) is 35.0 Å². The molecule has 3 rings (SSSR count). The highest BCUT2D eigenvalue weighted by atomic mass is 19.4. The van der Waals surface area contributed by atoms with Crippen LogP contribution in [0.25, 0.3) is 0 Å². The Hall–Kier alpha value is -2.87. The van der Waals surface area contributed by atoms with Crippen molar-refractivity contribution < 1.29 is 27.8 Å². The van der Waals surface area contributed by atoms with Crippen molar-refractivity contribution in [2.24, 2.45) is 5.10 Å². The van der Waals surface area contributed by atoms with E-state index in [0.717, 1.165) is 0 Å². The standard InChI is InChI=1S/C18H15F3N2O3/c1-26-14-9-5-8-13(10-14)17(25)11-15(18(19,20)21)22-23(17)16(24)12-6-3-2-4-7-12/h2-10,25H,11H2,1H3/t17-/m1/s1. The molecule has 0 bridgehead atoms. The van der Waals surface area contributed by atoms with Crippen LogP contribution < -0.4 is 4.74 Å². The van der Waals surface area contributed by atoms with E-state index in [9.17, 15) is 23.1 Å². The lowest BCUT2D eigenvalue weighted by Gasteiger charge is -2.31. The number of aliphatic hydroxyl groups is 1. The highest BCUT2D eigenvalue weighted by molar-refractivity contribution is 5.99. The maximum absolute atomic E-state index is 13.2. The molecule has 0 radical (unpaired) electrons. The molecule has 5 nitrogen and oxygen atoms in total. The van der Waals surface area contributed by atoms with Gasteiger partial charge < -0.3 is 9.84 Å². The van der Waals surface area contributed by atoms with Crippen LogP contribution in [0, 0.1) is 0 Å². The van der Waals surface area contributed by atoms with Gasteiger partial charge >= 0.3 is 6.18 Å². The van der Waals surface area contributed by atoms with Crippen molar-refractivity contribution >= 4 is 11.6 Å². The molecule has 0 fully saturated rings. The van der Waals surface area contributed by atoms with Gasteiger partial charge in [0.15, 0.2) is 5.72 Å². The number of amides is 1. The van der Waals surface area contributed by atoms with Crippen molar-refractivity contribution in [2.75, 3.05) is 7.11 Å². The first-order chi connectivity index (χ1) is 12.3. The zero-order valence-electron chi connectivity index (χ0n) is 13.7. The normalized spacial score (nSPS) is 20.0. The number of carbonyl (C=O) groups excluding carboxylic acids is 1. The molecule has 0 saturated carbocycles. The number of rotatable bonds is 3. The average Bonchev–Trinajstić information content (AvgIpc) is 3.01. The lowest BCUT2D eigenvalue weighted by Crippen LogP contribution is -2.43.